The number of carbonyl (C=O) groups is 1. The van der Waals surface area contributed by atoms with Crippen molar-refractivity contribution in [2.45, 2.75) is 6.42 Å². The molecule has 0 unspecified atom stereocenters. The number of methoxy groups -OCH3 is 1. The molecule has 0 saturated carbocycles. The Morgan fingerprint density at radius 2 is 2.06 bits per heavy atom. The van der Waals surface area contributed by atoms with E-state index in [9.17, 15) is 4.79 Å². The van der Waals surface area contributed by atoms with Crippen molar-refractivity contribution in [1.29, 1.82) is 0 Å². The molecule has 0 saturated heterocycles. The maximum absolute atomic E-state index is 12.2. The second-order valence-electron chi connectivity index (χ2n) is 3.57. The van der Waals surface area contributed by atoms with E-state index in [4.69, 9.17) is 32.7 Å². The van der Waals surface area contributed by atoms with Gasteiger partial charge in [-0.1, -0.05) is 23.2 Å². The number of fused-ring (bicyclic) bond motifs is 1. The highest BCUT2D eigenvalue weighted by Gasteiger charge is 2.23. The molecular formula is C12H10Cl2O3. The lowest BCUT2D eigenvalue weighted by Crippen LogP contribution is -2.02. The number of hydrogen-bond donors (Lipinski definition) is 0. The zero-order valence-corrected chi connectivity index (χ0v) is 10.6. The van der Waals surface area contributed by atoms with Crippen molar-refractivity contribution in [3.05, 3.63) is 39.6 Å². The third-order valence-electron chi connectivity index (χ3n) is 2.45. The fourth-order valence-electron chi connectivity index (χ4n) is 1.64. The van der Waals surface area contributed by atoms with E-state index < -0.39 is 0 Å². The van der Waals surface area contributed by atoms with Crippen LogP contribution in [-0.2, 0) is 4.74 Å². The first-order valence-electron chi connectivity index (χ1n) is 5.02. The van der Waals surface area contributed by atoms with E-state index in [0.29, 0.717) is 40.0 Å². The first-order valence-corrected chi connectivity index (χ1v) is 5.77. The first kappa shape index (κ1) is 12.3. The van der Waals surface area contributed by atoms with Crippen molar-refractivity contribution in [3.63, 3.8) is 0 Å². The number of carbonyl (C=O) groups excluding carboxylic acids is 1. The Bertz CT molecular complexity index is 495. The zero-order chi connectivity index (χ0) is 12.4. The van der Waals surface area contributed by atoms with Crippen LogP contribution in [0.2, 0.25) is 10.0 Å². The average Bonchev–Trinajstić information content (AvgIpc) is 2.43. The van der Waals surface area contributed by atoms with Crippen molar-refractivity contribution in [2.75, 3.05) is 13.7 Å². The van der Waals surface area contributed by atoms with Gasteiger partial charge in [0.25, 0.3) is 0 Å². The third-order valence-corrected chi connectivity index (χ3v) is 3.17. The van der Waals surface area contributed by atoms with Gasteiger partial charge in [0.05, 0.1) is 35.6 Å². The molecule has 0 aliphatic carbocycles. The molecule has 2 rings (SSSR count). The van der Waals surface area contributed by atoms with Crippen LogP contribution in [0.4, 0.5) is 0 Å². The number of Topliss-reactive ketones (excluding diaryl/α,β-unsaturated/α-hetero) is 1. The van der Waals surface area contributed by atoms with E-state index in [-0.39, 0.29) is 5.78 Å². The van der Waals surface area contributed by atoms with Crippen molar-refractivity contribution < 1.29 is 14.3 Å². The van der Waals surface area contributed by atoms with Crippen LogP contribution < -0.4 is 4.74 Å². The average molecular weight is 273 g/mol. The van der Waals surface area contributed by atoms with E-state index in [2.05, 4.69) is 0 Å². The molecule has 0 atom stereocenters. The predicted octanol–water partition coefficient (Wildman–Crippen LogP) is 3.49. The van der Waals surface area contributed by atoms with E-state index in [1.807, 2.05) is 0 Å². The summed E-state index contributed by atoms with van der Waals surface area (Å²) in [4.78, 5) is 12.2. The van der Waals surface area contributed by atoms with Crippen LogP contribution in [-0.4, -0.2) is 19.5 Å². The number of ketones is 1. The molecule has 0 fully saturated rings. The van der Waals surface area contributed by atoms with E-state index >= 15 is 0 Å². The van der Waals surface area contributed by atoms with E-state index in [0.717, 1.165) is 0 Å². The molecule has 5 heteroatoms. The van der Waals surface area contributed by atoms with Crippen LogP contribution in [0.15, 0.2) is 24.0 Å². The number of rotatable bonds is 1. The molecule has 1 aromatic carbocycles. The molecule has 1 aromatic rings. The summed E-state index contributed by atoms with van der Waals surface area (Å²) in [7, 11) is 1.50. The number of hydrogen-bond acceptors (Lipinski definition) is 3. The van der Waals surface area contributed by atoms with Gasteiger partial charge in [-0.15, -0.1) is 0 Å². The van der Waals surface area contributed by atoms with Crippen molar-refractivity contribution in [1.82, 2.24) is 0 Å². The SMILES string of the molecule is CO/C=C1/CCOc2cc(Cl)c(Cl)cc2C1=O. The second kappa shape index (κ2) is 4.98. The third kappa shape index (κ3) is 2.40. The smallest absolute Gasteiger partial charge is 0.195 e. The van der Waals surface area contributed by atoms with Crippen molar-refractivity contribution in [2.24, 2.45) is 0 Å². The van der Waals surface area contributed by atoms with Crippen LogP contribution >= 0.6 is 23.2 Å². The summed E-state index contributed by atoms with van der Waals surface area (Å²) in [6.07, 6.45) is 1.93. The monoisotopic (exact) mass is 272 g/mol. The topological polar surface area (TPSA) is 35.5 Å². The summed E-state index contributed by atoms with van der Waals surface area (Å²) in [5.41, 5.74) is 0.977. The molecule has 0 aromatic heterocycles. The Morgan fingerprint density at radius 1 is 1.35 bits per heavy atom. The fraction of sp³-hybridized carbons (Fsp3) is 0.250. The Hall–Kier alpha value is -1.19. The van der Waals surface area contributed by atoms with E-state index in [1.54, 1.807) is 6.07 Å². The molecule has 17 heavy (non-hydrogen) atoms. The maximum Gasteiger partial charge on any atom is 0.195 e. The largest absolute Gasteiger partial charge is 0.504 e. The normalized spacial score (nSPS) is 17.4. The lowest BCUT2D eigenvalue weighted by atomic mass is 10.0. The summed E-state index contributed by atoms with van der Waals surface area (Å²) < 4.78 is 10.3. The Kier molecular flexibility index (Phi) is 3.60. The van der Waals surface area contributed by atoms with Crippen LogP contribution in [0.3, 0.4) is 0 Å². The number of ether oxygens (including phenoxy) is 2. The standard InChI is InChI=1S/C12H10Cl2O3/c1-16-6-7-2-3-17-11-5-10(14)9(13)4-8(11)12(7)15/h4-6H,2-3H2,1H3/b7-6-. The van der Waals surface area contributed by atoms with Gasteiger partial charge in [0, 0.05) is 18.1 Å². The van der Waals surface area contributed by atoms with Crippen LogP contribution in [0.25, 0.3) is 0 Å². The van der Waals surface area contributed by atoms with Crippen LogP contribution in [0, 0.1) is 0 Å². The van der Waals surface area contributed by atoms with Gasteiger partial charge in [-0.3, -0.25) is 4.79 Å². The number of halogens is 2. The number of benzene rings is 1. The Morgan fingerprint density at radius 3 is 2.76 bits per heavy atom. The van der Waals surface area contributed by atoms with Gasteiger partial charge in [-0.2, -0.15) is 0 Å². The molecule has 0 bridgehead atoms. The Balaban J connectivity index is 2.51. The zero-order valence-electron chi connectivity index (χ0n) is 9.13. The summed E-state index contributed by atoms with van der Waals surface area (Å²) in [6.45, 7) is 0.409. The maximum atomic E-state index is 12.2. The summed E-state index contributed by atoms with van der Waals surface area (Å²) in [5, 5.41) is 0.707. The first-order chi connectivity index (χ1) is 8.13. The highest BCUT2D eigenvalue weighted by atomic mass is 35.5. The summed E-state index contributed by atoms with van der Waals surface area (Å²) in [5.74, 6) is 0.321. The van der Waals surface area contributed by atoms with Gasteiger partial charge in [0.2, 0.25) is 0 Å². The predicted molar refractivity (Wildman–Crippen MR) is 66.0 cm³/mol. The molecule has 0 amide bonds. The van der Waals surface area contributed by atoms with Gasteiger partial charge in [-0.05, 0) is 6.07 Å². The van der Waals surface area contributed by atoms with Gasteiger partial charge in [0.1, 0.15) is 5.75 Å². The quantitative estimate of drug-likeness (QED) is 0.580. The minimum absolute atomic E-state index is 0.141. The minimum atomic E-state index is -0.141. The molecule has 1 aliphatic rings. The molecular weight excluding hydrogens is 263 g/mol. The second-order valence-corrected chi connectivity index (χ2v) is 4.38. The summed E-state index contributed by atoms with van der Waals surface area (Å²) >= 11 is 11.8. The van der Waals surface area contributed by atoms with Crippen LogP contribution in [0.1, 0.15) is 16.8 Å². The van der Waals surface area contributed by atoms with Gasteiger partial charge >= 0.3 is 0 Å². The highest BCUT2D eigenvalue weighted by molar-refractivity contribution is 6.42. The molecule has 0 N–H and O–H groups in total. The molecule has 0 spiro atoms. The lowest BCUT2D eigenvalue weighted by Gasteiger charge is -2.07. The van der Waals surface area contributed by atoms with E-state index in [1.165, 1.54) is 19.4 Å². The molecule has 90 valence electrons. The highest BCUT2D eigenvalue weighted by Crippen LogP contribution is 2.34. The van der Waals surface area contributed by atoms with Gasteiger partial charge in [0.15, 0.2) is 5.78 Å². The lowest BCUT2D eigenvalue weighted by molar-refractivity contribution is 0.102. The van der Waals surface area contributed by atoms with Crippen molar-refractivity contribution >= 4 is 29.0 Å². The van der Waals surface area contributed by atoms with Crippen molar-refractivity contribution in [3.8, 4) is 5.75 Å². The fourth-order valence-corrected chi connectivity index (χ4v) is 1.95. The molecule has 0 radical (unpaired) electrons. The molecule has 1 heterocycles. The van der Waals surface area contributed by atoms with Gasteiger partial charge < -0.3 is 9.47 Å². The van der Waals surface area contributed by atoms with Gasteiger partial charge in [-0.25, -0.2) is 0 Å². The summed E-state index contributed by atoms with van der Waals surface area (Å²) in [6, 6.07) is 3.09. The molecule has 3 nitrogen and oxygen atoms in total. The molecule has 1 aliphatic heterocycles. The van der Waals surface area contributed by atoms with Crippen LogP contribution in [0.5, 0.6) is 5.75 Å². The minimum Gasteiger partial charge on any atom is -0.504 e. The Labute approximate surface area is 109 Å².